The minimum atomic E-state index is -1.16. The minimum absolute atomic E-state index is 0.0342. The van der Waals surface area contributed by atoms with Crippen LogP contribution in [0.1, 0.15) is 12.8 Å². The fourth-order valence-electron chi connectivity index (χ4n) is 1.40. The fraction of sp³-hybridized carbons (Fsp3) is 0.333. The summed E-state index contributed by atoms with van der Waals surface area (Å²) in [5, 5.41) is 0. The third kappa shape index (κ3) is 2.33. The number of nitrogen functional groups attached to an aromatic ring is 1. The van der Waals surface area contributed by atoms with Crippen molar-refractivity contribution in [1.82, 2.24) is 9.41 Å². The molecule has 10 nitrogen and oxygen atoms in total. The van der Waals surface area contributed by atoms with E-state index in [1.165, 1.54) is 0 Å². The Kier molecular flexibility index (Phi) is 3.09. The molecule has 0 aliphatic carbocycles. The van der Waals surface area contributed by atoms with E-state index in [1.54, 1.807) is 0 Å². The lowest BCUT2D eigenvalue weighted by Crippen LogP contribution is -2.51. The van der Waals surface area contributed by atoms with Gasteiger partial charge >= 0.3 is 23.2 Å². The Balaban J connectivity index is 2.63. The lowest BCUT2D eigenvalue weighted by Gasteiger charge is -2.14. The fourth-order valence-corrected chi connectivity index (χ4v) is 1.40. The number of carbonyl (C=O) groups excluding carboxylic acids is 2. The Bertz CT molecular complexity index is 660. The van der Waals surface area contributed by atoms with E-state index in [9.17, 15) is 19.2 Å². The van der Waals surface area contributed by atoms with Crippen LogP contribution < -0.4 is 32.4 Å². The van der Waals surface area contributed by atoms with Crippen LogP contribution in [0.4, 0.5) is 0 Å². The number of nitrogens with two attached hydrogens (primary N) is 2. The van der Waals surface area contributed by atoms with Crippen molar-refractivity contribution in [2.45, 2.75) is 18.9 Å². The maximum atomic E-state index is 11.8. The summed E-state index contributed by atoms with van der Waals surface area (Å²) in [6.07, 6.45) is 0.612. The van der Waals surface area contributed by atoms with Gasteiger partial charge in [-0.1, -0.05) is 4.73 Å². The minimum Gasteiger partial charge on any atom is -0.419 e. The van der Waals surface area contributed by atoms with E-state index >= 15 is 0 Å². The quantitative estimate of drug-likeness (QED) is 0.368. The van der Waals surface area contributed by atoms with E-state index in [2.05, 4.69) is 4.84 Å². The molecule has 0 radical (unpaired) electrons. The van der Waals surface area contributed by atoms with E-state index in [-0.39, 0.29) is 17.6 Å². The Hall–Kier alpha value is -2.62. The Morgan fingerprint density at radius 2 is 1.95 bits per heavy atom. The van der Waals surface area contributed by atoms with E-state index in [4.69, 9.17) is 16.3 Å². The zero-order chi connectivity index (χ0) is 14.2. The topological polar surface area (TPSA) is 149 Å². The van der Waals surface area contributed by atoms with Gasteiger partial charge in [-0.05, 0) is 6.42 Å². The third-order valence-corrected chi connectivity index (χ3v) is 2.41. The lowest BCUT2D eigenvalue weighted by atomic mass is 10.2. The van der Waals surface area contributed by atoms with Gasteiger partial charge in [-0.15, -0.1) is 0 Å². The average Bonchev–Trinajstić information content (AvgIpc) is 2.36. The van der Waals surface area contributed by atoms with E-state index in [0.29, 0.717) is 4.68 Å². The maximum absolute atomic E-state index is 11.8. The summed E-state index contributed by atoms with van der Waals surface area (Å²) in [5.74, 6) is 2.96. The molecule has 0 saturated heterocycles. The number of fused-ring (bicyclic) bond motifs is 2. The number of ether oxygens (including phenoxy) is 1. The molecule has 2 rings (SSSR count). The molecule has 0 fully saturated rings. The van der Waals surface area contributed by atoms with Gasteiger partial charge in [-0.3, -0.25) is 9.59 Å². The molecule has 0 unspecified atom stereocenters. The Morgan fingerprint density at radius 3 is 2.63 bits per heavy atom. The third-order valence-electron chi connectivity index (χ3n) is 2.41. The van der Waals surface area contributed by atoms with Gasteiger partial charge in [0.1, 0.15) is 6.04 Å². The van der Waals surface area contributed by atoms with Gasteiger partial charge in [0.25, 0.3) is 0 Å². The molecule has 1 aliphatic rings. The first-order valence-corrected chi connectivity index (χ1v) is 5.22. The summed E-state index contributed by atoms with van der Waals surface area (Å²) >= 11 is 0. The lowest BCUT2D eigenvalue weighted by molar-refractivity contribution is -0.148. The van der Waals surface area contributed by atoms with Crippen LogP contribution in [0.5, 0.6) is 5.75 Å². The van der Waals surface area contributed by atoms with Crippen LogP contribution in [0.3, 0.4) is 0 Å². The summed E-state index contributed by atoms with van der Waals surface area (Å²) in [5.41, 5.74) is 3.22. The monoisotopic (exact) mass is 270 g/mol. The van der Waals surface area contributed by atoms with Crippen molar-refractivity contribution in [1.29, 1.82) is 0 Å². The molecule has 1 aromatic rings. The smallest absolute Gasteiger partial charge is 0.383 e. The van der Waals surface area contributed by atoms with Gasteiger partial charge < -0.3 is 21.2 Å². The van der Waals surface area contributed by atoms with Crippen LogP contribution in [0.15, 0.2) is 15.8 Å². The van der Waals surface area contributed by atoms with Crippen LogP contribution in [0, 0.1) is 0 Å². The SMILES string of the molecule is N[C@@H]1CCC(=O)Oc2cn(N)c(=O)n(c2=O)OC1=O. The average molecular weight is 270 g/mol. The van der Waals surface area contributed by atoms with Gasteiger partial charge in [0.2, 0.25) is 5.75 Å². The number of carbonyl (C=O) groups is 2. The number of esters is 1. The molecule has 1 aliphatic heterocycles. The zero-order valence-electron chi connectivity index (χ0n) is 9.57. The Labute approximate surface area is 105 Å². The second-order valence-electron chi connectivity index (χ2n) is 3.81. The van der Waals surface area contributed by atoms with Gasteiger partial charge in [0.05, 0.1) is 6.20 Å². The van der Waals surface area contributed by atoms with Crippen LogP contribution in [-0.2, 0) is 9.59 Å². The summed E-state index contributed by atoms with van der Waals surface area (Å²) in [4.78, 5) is 50.8. The number of nitrogens with zero attached hydrogens (tertiary/aromatic N) is 2. The number of hydrogen-bond acceptors (Lipinski definition) is 8. The molecule has 19 heavy (non-hydrogen) atoms. The number of rotatable bonds is 0. The van der Waals surface area contributed by atoms with Crippen LogP contribution in [0.2, 0.25) is 0 Å². The molecular weight excluding hydrogens is 260 g/mol. The maximum Gasteiger partial charge on any atom is 0.383 e. The van der Waals surface area contributed by atoms with Crippen molar-refractivity contribution in [3.05, 3.63) is 27.0 Å². The second-order valence-corrected chi connectivity index (χ2v) is 3.81. The van der Waals surface area contributed by atoms with Crippen molar-refractivity contribution in [3.8, 4) is 5.75 Å². The van der Waals surface area contributed by atoms with Crippen LogP contribution in [-0.4, -0.2) is 27.4 Å². The summed E-state index contributed by atoms with van der Waals surface area (Å²) in [7, 11) is 0. The predicted octanol–water partition coefficient (Wildman–Crippen LogP) is -3.29. The van der Waals surface area contributed by atoms with Crippen molar-refractivity contribution in [2.75, 3.05) is 5.84 Å². The van der Waals surface area contributed by atoms with Crippen molar-refractivity contribution < 1.29 is 19.2 Å². The molecule has 2 bridgehead atoms. The highest BCUT2D eigenvalue weighted by molar-refractivity contribution is 5.78. The molecule has 0 aromatic carbocycles. The first-order valence-electron chi connectivity index (χ1n) is 5.22. The molecule has 1 atom stereocenters. The van der Waals surface area contributed by atoms with E-state index in [0.717, 1.165) is 6.20 Å². The van der Waals surface area contributed by atoms with Crippen LogP contribution in [0.25, 0.3) is 0 Å². The molecule has 0 spiro atoms. The van der Waals surface area contributed by atoms with Crippen molar-refractivity contribution in [3.63, 3.8) is 0 Å². The van der Waals surface area contributed by atoms with Crippen molar-refractivity contribution >= 4 is 11.9 Å². The summed E-state index contributed by atoms with van der Waals surface area (Å²) in [6.45, 7) is 0. The normalized spacial score (nSPS) is 19.5. The molecule has 2 heterocycles. The molecule has 0 saturated carbocycles. The van der Waals surface area contributed by atoms with Gasteiger partial charge in [0.15, 0.2) is 0 Å². The van der Waals surface area contributed by atoms with E-state index in [1.807, 2.05) is 0 Å². The highest BCUT2D eigenvalue weighted by Gasteiger charge is 2.24. The van der Waals surface area contributed by atoms with E-state index < -0.39 is 35.0 Å². The highest BCUT2D eigenvalue weighted by atomic mass is 16.7. The molecule has 0 amide bonds. The van der Waals surface area contributed by atoms with Gasteiger partial charge in [-0.2, -0.15) is 0 Å². The molecular formula is C9H10N4O6. The number of aromatic nitrogens is 2. The van der Waals surface area contributed by atoms with Gasteiger partial charge in [-0.25, -0.2) is 14.3 Å². The molecule has 4 N–H and O–H groups in total. The van der Waals surface area contributed by atoms with Gasteiger partial charge in [0, 0.05) is 6.42 Å². The predicted molar refractivity (Wildman–Crippen MR) is 59.5 cm³/mol. The molecule has 1 aromatic heterocycles. The largest absolute Gasteiger partial charge is 0.419 e. The summed E-state index contributed by atoms with van der Waals surface area (Å²) < 4.78 is 5.26. The molecule has 10 heteroatoms. The summed E-state index contributed by atoms with van der Waals surface area (Å²) in [6, 6.07) is -1.16. The number of hydrogen-bond donors (Lipinski definition) is 2. The standard InChI is InChI=1S/C9H10N4O6/c10-4-1-2-6(14)18-5-3-12(11)9(17)13(7(5)15)19-8(4)16/h3-4H,1-2,10-11H2/t4-/m1/s1. The van der Waals surface area contributed by atoms with Crippen LogP contribution >= 0.6 is 0 Å². The second kappa shape index (κ2) is 4.57. The first-order chi connectivity index (χ1) is 8.90. The highest BCUT2D eigenvalue weighted by Crippen LogP contribution is 2.05. The molecule has 102 valence electrons. The van der Waals surface area contributed by atoms with Crippen molar-refractivity contribution in [2.24, 2.45) is 5.73 Å². The first kappa shape index (κ1) is 12.8. The zero-order valence-corrected chi connectivity index (χ0v) is 9.57. The Morgan fingerprint density at radius 1 is 1.26 bits per heavy atom.